The average molecular weight is 341 g/mol. The van der Waals surface area contributed by atoms with Crippen molar-refractivity contribution in [3.63, 3.8) is 0 Å². The highest BCUT2D eigenvalue weighted by Gasteiger charge is 2.19. The Morgan fingerprint density at radius 3 is 2.82 bits per heavy atom. The van der Waals surface area contributed by atoms with Crippen molar-refractivity contribution in [3.05, 3.63) is 45.0 Å². The third-order valence-electron chi connectivity index (χ3n) is 3.26. The molecular weight excluding hydrogens is 321 g/mol. The number of benzene rings is 1. The lowest BCUT2D eigenvalue weighted by molar-refractivity contribution is 0.577. The van der Waals surface area contributed by atoms with Gasteiger partial charge in [0.05, 0.1) is 6.04 Å². The molecule has 0 saturated carbocycles. The van der Waals surface area contributed by atoms with Crippen LogP contribution in [-0.4, -0.2) is 6.54 Å². The van der Waals surface area contributed by atoms with E-state index in [2.05, 4.69) is 65.2 Å². The largest absolute Gasteiger partial charge is 0.307 e. The van der Waals surface area contributed by atoms with Gasteiger partial charge in [-0.25, -0.2) is 0 Å². The molecule has 1 aliphatic carbocycles. The van der Waals surface area contributed by atoms with Crippen LogP contribution in [0.25, 0.3) is 0 Å². The van der Waals surface area contributed by atoms with Gasteiger partial charge in [0.2, 0.25) is 0 Å². The van der Waals surface area contributed by atoms with Gasteiger partial charge in [-0.15, -0.1) is 0 Å². The molecule has 0 radical (unpaired) electrons. The van der Waals surface area contributed by atoms with Crippen molar-refractivity contribution < 1.29 is 0 Å². The minimum atomic E-state index is 0.436. The molecule has 0 amide bonds. The molecule has 1 N–H and O–H groups in total. The molecular formula is C15H20IN. The summed E-state index contributed by atoms with van der Waals surface area (Å²) in [7, 11) is 0. The zero-order valence-electron chi connectivity index (χ0n) is 10.4. The average Bonchev–Trinajstić information content (AvgIpc) is 2.85. The van der Waals surface area contributed by atoms with Gasteiger partial charge in [0.15, 0.2) is 0 Å². The van der Waals surface area contributed by atoms with Crippen molar-refractivity contribution in [2.24, 2.45) is 0 Å². The van der Waals surface area contributed by atoms with E-state index in [1.165, 1.54) is 34.8 Å². The summed E-state index contributed by atoms with van der Waals surface area (Å²) in [5.41, 5.74) is 3.03. The van der Waals surface area contributed by atoms with Gasteiger partial charge in [-0.1, -0.05) is 36.8 Å². The number of allylic oxidation sites excluding steroid dienone is 1. The molecule has 1 aromatic rings. The van der Waals surface area contributed by atoms with Crippen molar-refractivity contribution in [2.45, 2.75) is 38.6 Å². The molecule has 0 fully saturated rings. The van der Waals surface area contributed by atoms with E-state index in [1.807, 2.05) is 0 Å². The van der Waals surface area contributed by atoms with Crippen LogP contribution in [0, 0.1) is 3.57 Å². The summed E-state index contributed by atoms with van der Waals surface area (Å²) in [5, 5.41) is 3.70. The van der Waals surface area contributed by atoms with Crippen molar-refractivity contribution in [2.75, 3.05) is 6.54 Å². The highest BCUT2D eigenvalue weighted by molar-refractivity contribution is 14.1. The van der Waals surface area contributed by atoms with Crippen LogP contribution < -0.4 is 5.32 Å². The first-order valence-corrected chi connectivity index (χ1v) is 7.57. The van der Waals surface area contributed by atoms with E-state index in [4.69, 9.17) is 0 Å². The first kappa shape index (κ1) is 13.1. The second-order valence-corrected chi connectivity index (χ2v) is 5.74. The van der Waals surface area contributed by atoms with Crippen molar-refractivity contribution in [3.8, 4) is 0 Å². The Kier molecular flexibility index (Phi) is 5.04. The van der Waals surface area contributed by atoms with E-state index in [9.17, 15) is 0 Å². The number of halogens is 1. The molecule has 1 aromatic carbocycles. The maximum Gasteiger partial charge on any atom is 0.0546 e. The molecule has 0 saturated heterocycles. The molecule has 2 heteroatoms. The fourth-order valence-electron chi connectivity index (χ4n) is 2.40. The van der Waals surface area contributed by atoms with Crippen LogP contribution in [0.2, 0.25) is 0 Å². The highest BCUT2D eigenvalue weighted by Crippen LogP contribution is 2.32. The summed E-state index contributed by atoms with van der Waals surface area (Å²) >= 11 is 2.45. The van der Waals surface area contributed by atoms with Crippen molar-refractivity contribution in [1.82, 2.24) is 5.32 Å². The van der Waals surface area contributed by atoms with Crippen LogP contribution in [0.1, 0.15) is 44.2 Å². The van der Waals surface area contributed by atoms with Gasteiger partial charge in [0.1, 0.15) is 0 Å². The van der Waals surface area contributed by atoms with E-state index >= 15 is 0 Å². The van der Waals surface area contributed by atoms with Crippen LogP contribution in [0.3, 0.4) is 0 Å². The third kappa shape index (κ3) is 3.32. The first-order chi connectivity index (χ1) is 8.33. The second-order valence-electron chi connectivity index (χ2n) is 4.58. The molecule has 0 aromatic heterocycles. The van der Waals surface area contributed by atoms with E-state index in [1.54, 1.807) is 5.57 Å². The highest BCUT2D eigenvalue weighted by atomic mass is 127. The van der Waals surface area contributed by atoms with Gasteiger partial charge in [-0.3, -0.25) is 0 Å². The monoisotopic (exact) mass is 341 g/mol. The summed E-state index contributed by atoms with van der Waals surface area (Å²) in [6.07, 6.45) is 7.45. The van der Waals surface area contributed by atoms with Crippen molar-refractivity contribution >= 4 is 22.6 Å². The van der Waals surface area contributed by atoms with E-state index in [-0.39, 0.29) is 0 Å². The predicted molar refractivity (Wildman–Crippen MR) is 82.1 cm³/mol. The summed E-state index contributed by atoms with van der Waals surface area (Å²) < 4.78 is 1.37. The lowest BCUT2D eigenvalue weighted by atomic mass is 9.98. The summed E-state index contributed by atoms with van der Waals surface area (Å²) in [5.74, 6) is 0. The molecule has 17 heavy (non-hydrogen) atoms. The maximum atomic E-state index is 3.70. The standard InChI is InChI=1S/C15H20IN/c1-2-11-17-15(12-7-3-4-8-12)13-9-5-6-10-14(13)16/h5-7,9-10,15,17H,2-4,8,11H2,1H3. The lowest BCUT2D eigenvalue weighted by Gasteiger charge is -2.22. The van der Waals surface area contributed by atoms with Crippen LogP contribution in [0.15, 0.2) is 35.9 Å². The Balaban J connectivity index is 2.23. The first-order valence-electron chi connectivity index (χ1n) is 6.49. The molecule has 92 valence electrons. The minimum Gasteiger partial charge on any atom is -0.307 e. The van der Waals surface area contributed by atoms with E-state index in [0.717, 1.165) is 6.54 Å². The Hall–Kier alpha value is -0.350. The Morgan fingerprint density at radius 2 is 2.18 bits per heavy atom. The topological polar surface area (TPSA) is 12.0 Å². The number of hydrogen-bond acceptors (Lipinski definition) is 1. The molecule has 1 aliphatic rings. The number of rotatable bonds is 5. The smallest absolute Gasteiger partial charge is 0.0546 e. The summed E-state index contributed by atoms with van der Waals surface area (Å²) in [6, 6.07) is 9.16. The fraction of sp³-hybridized carbons (Fsp3) is 0.467. The SMILES string of the molecule is CCCNC(C1=CCCC1)c1ccccc1I. The molecule has 0 bridgehead atoms. The molecule has 0 aliphatic heterocycles. The molecule has 0 heterocycles. The normalized spacial score (nSPS) is 16.9. The lowest BCUT2D eigenvalue weighted by Crippen LogP contribution is -2.24. The van der Waals surface area contributed by atoms with Gasteiger partial charge in [-0.2, -0.15) is 0 Å². The van der Waals surface area contributed by atoms with Gasteiger partial charge in [0, 0.05) is 3.57 Å². The quantitative estimate of drug-likeness (QED) is 0.617. The summed E-state index contributed by atoms with van der Waals surface area (Å²) in [4.78, 5) is 0. The Bertz CT molecular complexity index is 398. The van der Waals surface area contributed by atoms with Crippen LogP contribution in [0.4, 0.5) is 0 Å². The third-order valence-corrected chi connectivity index (χ3v) is 4.24. The predicted octanol–water partition coefficient (Wildman–Crippen LogP) is 4.44. The fourth-order valence-corrected chi connectivity index (χ4v) is 3.10. The summed E-state index contributed by atoms with van der Waals surface area (Å²) in [6.45, 7) is 3.32. The molecule has 1 atom stereocenters. The molecule has 0 spiro atoms. The number of nitrogens with one attached hydrogen (secondary N) is 1. The van der Waals surface area contributed by atoms with E-state index in [0.29, 0.717) is 6.04 Å². The molecule has 1 unspecified atom stereocenters. The van der Waals surface area contributed by atoms with Gasteiger partial charge in [0.25, 0.3) is 0 Å². The molecule has 2 rings (SSSR count). The Labute approximate surface area is 118 Å². The molecule has 1 nitrogen and oxygen atoms in total. The minimum absolute atomic E-state index is 0.436. The Morgan fingerprint density at radius 1 is 1.35 bits per heavy atom. The van der Waals surface area contributed by atoms with Gasteiger partial charge < -0.3 is 5.32 Å². The van der Waals surface area contributed by atoms with Crippen molar-refractivity contribution in [1.29, 1.82) is 0 Å². The van der Waals surface area contributed by atoms with Gasteiger partial charge in [-0.05, 0) is 66.4 Å². The van der Waals surface area contributed by atoms with Crippen LogP contribution in [-0.2, 0) is 0 Å². The van der Waals surface area contributed by atoms with Crippen LogP contribution >= 0.6 is 22.6 Å². The second kappa shape index (κ2) is 6.55. The van der Waals surface area contributed by atoms with Gasteiger partial charge >= 0.3 is 0 Å². The van der Waals surface area contributed by atoms with E-state index < -0.39 is 0 Å². The number of hydrogen-bond donors (Lipinski definition) is 1. The van der Waals surface area contributed by atoms with Crippen LogP contribution in [0.5, 0.6) is 0 Å². The maximum absolute atomic E-state index is 3.70. The zero-order chi connectivity index (χ0) is 12.1. The zero-order valence-corrected chi connectivity index (χ0v) is 12.5.